The highest BCUT2D eigenvalue weighted by Gasteiger charge is 2.33. The molecule has 4 rings (SSSR count). The van der Waals surface area contributed by atoms with Gasteiger partial charge in [0.05, 0.1) is 16.1 Å². The Bertz CT molecular complexity index is 1160. The molecule has 0 radical (unpaired) electrons. The molecule has 29 heavy (non-hydrogen) atoms. The summed E-state index contributed by atoms with van der Waals surface area (Å²) in [4.78, 5) is 4.45. The van der Waals surface area contributed by atoms with Crippen LogP contribution in [0.15, 0.2) is 78.9 Å². The van der Waals surface area contributed by atoms with Gasteiger partial charge in [-0.1, -0.05) is 29.8 Å². The Morgan fingerprint density at radius 2 is 1.62 bits per heavy atom. The average Bonchev–Trinajstić information content (AvgIpc) is 2.69. The number of alkyl halides is 3. The largest absolute Gasteiger partial charge is 0.457 e. The maximum atomic E-state index is 13.0. The smallest absolute Gasteiger partial charge is 0.417 e. The number of benzene rings is 3. The fourth-order valence-electron chi connectivity index (χ4n) is 2.83. The van der Waals surface area contributed by atoms with Crippen molar-refractivity contribution in [2.45, 2.75) is 6.18 Å². The van der Waals surface area contributed by atoms with Gasteiger partial charge in [0, 0.05) is 11.1 Å². The van der Waals surface area contributed by atoms with Crippen LogP contribution in [-0.2, 0) is 6.18 Å². The summed E-state index contributed by atoms with van der Waals surface area (Å²) in [6, 6.07) is 22.0. The zero-order valence-electron chi connectivity index (χ0n) is 14.9. The molecular weight excluding hydrogens is 401 g/mol. The van der Waals surface area contributed by atoms with E-state index >= 15 is 0 Å². The summed E-state index contributed by atoms with van der Waals surface area (Å²) in [6.07, 6.45) is -4.53. The van der Waals surface area contributed by atoms with Gasteiger partial charge < -0.3 is 10.1 Å². The molecule has 1 N–H and O–H groups in total. The molecule has 7 heteroatoms. The molecule has 0 spiro atoms. The molecule has 1 heterocycles. The predicted octanol–water partition coefficient (Wildman–Crippen LogP) is 7.44. The summed E-state index contributed by atoms with van der Waals surface area (Å²) in [6.45, 7) is 0. The first kappa shape index (κ1) is 19.1. The van der Waals surface area contributed by atoms with Crippen molar-refractivity contribution >= 4 is 34.0 Å². The molecule has 146 valence electrons. The molecule has 1 aromatic heterocycles. The number of para-hydroxylation sites is 1. The highest BCUT2D eigenvalue weighted by atomic mass is 35.5. The zero-order chi connectivity index (χ0) is 20.4. The van der Waals surface area contributed by atoms with Crippen molar-refractivity contribution in [1.82, 2.24) is 4.98 Å². The number of ether oxygens (including phenoxy) is 1. The fourth-order valence-corrected chi connectivity index (χ4v) is 3.05. The maximum absolute atomic E-state index is 13.0. The van der Waals surface area contributed by atoms with E-state index in [1.807, 2.05) is 42.5 Å². The number of nitrogens with one attached hydrogen (secondary N) is 1. The van der Waals surface area contributed by atoms with Gasteiger partial charge in [0.1, 0.15) is 17.3 Å². The van der Waals surface area contributed by atoms with E-state index in [0.717, 1.165) is 17.2 Å². The molecule has 0 atom stereocenters. The van der Waals surface area contributed by atoms with Crippen LogP contribution >= 0.6 is 11.6 Å². The van der Waals surface area contributed by atoms with E-state index in [1.54, 1.807) is 18.2 Å². The highest BCUT2D eigenvalue weighted by molar-refractivity contribution is 6.31. The molecule has 0 fully saturated rings. The molecule has 0 aliphatic heterocycles. The molecule has 0 amide bonds. The number of anilines is 2. The van der Waals surface area contributed by atoms with Crippen LogP contribution < -0.4 is 10.1 Å². The number of pyridine rings is 1. The average molecular weight is 415 g/mol. The molecule has 3 aromatic carbocycles. The molecule has 0 unspecified atom stereocenters. The van der Waals surface area contributed by atoms with Crippen LogP contribution in [0.3, 0.4) is 0 Å². The molecular formula is C22H14ClF3N2O. The van der Waals surface area contributed by atoms with Crippen LogP contribution in [-0.4, -0.2) is 4.98 Å². The lowest BCUT2D eigenvalue weighted by atomic mass is 10.2. The number of halogens is 4. The normalized spacial score (nSPS) is 11.4. The topological polar surface area (TPSA) is 34.1 Å². The molecule has 0 saturated carbocycles. The summed E-state index contributed by atoms with van der Waals surface area (Å²) in [5, 5.41) is 3.39. The van der Waals surface area contributed by atoms with Gasteiger partial charge in [-0.3, -0.25) is 0 Å². The van der Waals surface area contributed by atoms with Crippen molar-refractivity contribution in [3.8, 4) is 11.5 Å². The lowest BCUT2D eigenvalue weighted by Gasteiger charge is -2.12. The number of rotatable bonds is 4. The summed E-state index contributed by atoms with van der Waals surface area (Å²) in [5.74, 6) is 1.81. The molecule has 0 aliphatic rings. The van der Waals surface area contributed by atoms with Crippen LogP contribution in [0.1, 0.15) is 5.56 Å². The van der Waals surface area contributed by atoms with Crippen LogP contribution in [0.4, 0.5) is 24.7 Å². The predicted molar refractivity (Wildman–Crippen MR) is 108 cm³/mol. The van der Waals surface area contributed by atoms with Crippen LogP contribution in [0.2, 0.25) is 5.02 Å². The second-order valence-electron chi connectivity index (χ2n) is 6.28. The highest BCUT2D eigenvalue weighted by Crippen LogP contribution is 2.36. The fraction of sp³-hybridized carbons (Fsp3) is 0.0455. The van der Waals surface area contributed by atoms with Crippen LogP contribution in [0, 0.1) is 0 Å². The Hall–Kier alpha value is -3.25. The van der Waals surface area contributed by atoms with E-state index in [-0.39, 0.29) is 10.7 Å². The van der Waals surface area contributed by atoms with Crippen molar-refractivity contribution in [2.24, 2.45) is 0 Å². The third-order valence-corrected chi connectivity index (χ3v) is 4.51. The van der Waals surface area contributed by atoms with E-state index in [4.69, 9.17) is 16.3 Å². The van der Waals surface area contributed by atoms with Crippen molar-refractivity contribution in [3.63, 3.8) is 0 Å². The number of hydrogen-bond acceptors (Lipinski definition) is 3. The van der Waals surface area contributed by atoms with Gasteiger partial charge in [-0.05, 0) is 60.7 Å². The Labute approximate surface area is 169 Å². The Morgan fingerprint density at radius 3 is 2.38 bits per heavy atom. The van der Waals surface area contributed by atoms with Gasteiger partial charge in [0.15, 0.2) is 0 Å². The first-order chi connectivity index (χ1) is 13.9. The molecule has 0 bridgehead atoms. The van der Waals surface area contributed by atoms with E-state index in [0.29, 0.717) is 17.1 Å². The zero-order valence-corrected chi connectivity index (χ0v) is 15.6. The monoisotopic (exact) mass is 414 g/mol. The summed E-state index contributed by atoms with van der Waals surface area (Å²) in [5.41, 5.74) is 0.0330. The molecule has 0 aliphatic carbocycles. The van der Waals surface area contributed by atoms with Gasteiger partial charge in [0.25, 0.3) is 0 Å². The standard InChI is InChI=1S/C22H14ClF3N2O/c23-19-9-7-15(13-18(19)22(24,25)26)27-21-11-6-14-12-17(8-10-20(14)28-21)29-16-4-2-1-3-5-16/h1-13H,(H,27,28). The van der Waals surface area contributed by atoms with E-state index < -0.39 is 11.7 Å². The lowest BCUT2D eigenvalue weighted by Crippen LogP contribution is -2.06. The minimum Gasteiger partial charge on any atom is -0.457 e. The summed E-state index contributed by atoms with van der Waals surface area (Å²) >= 11 is 5.66. The van der Waals surface area contributed by atoms with Gasteiger partial charge in [-0.2, -0.15) is 13.2 Å². The van der Waals surface area contributed by atoms with E-state index in [2.05, 4.69) is 10.3 Å². The number of aromatic nitrogens is 1. The van der Waals surface area contributed by atoms with E-state index in [1.165, 1.54) is 12.1 Å². The molecule has 4 aromatic rings. The maximum Gasteiger partial charge on any atom is 0.417 e. The quantitative estimate of drug-likeness (QED) is 0.376. The summed E-state index contributed by atoms with van der Waals surface area (Å²) < 4.78 is 44.9. The number of fused-ring (bicyclic) bond motifs is 1. The number of nitrogens with zero attached hydrogens (tertiary/aromatic N) is 1. The first-order valence-electron chi connectivity index (χ1n) is 8.66. The van der Waals surface area contributed by atoms with Gasteiger partial charge in [-0.25, -0.2) is 4.98 Å². The van der Waals surface area contributed by atoms with Crippen molar-refractivity contribution in [2.75, 3.05) is 5.32 Å². The minimum absolute atomic E-state index is 0.248. The third-order valence-electron chi connectivity index (χ3n) is 4.18. The minimum atomic E-state index is -4.53. The second kappa shape index (κ2) is 7.64. The molecule has 3 nitrogen and oxygen atoms in total. The SMILES string of the molecule is FC(F)(F)c1cc(Nc2ccc3cc(Oc4ccccc4)ccc3n2)ccc1Cl. The Kier molecular flexibility index (Phi) is 5.03. The Morgan fingerprint density at radius 1 is 0.828 bits per heavy atom. The van der Waals surface area contributed by atoms with Gasteiger partial charge in [0.2, 0.25) is 0 Å². The third kappa shape index (κ3) is 4.43. The number of hydrogen-bond donors (Lipinski definition) is 1. The van der Waals surface area contributed by atoms with Gasteiger partial charge >= 0.3 is 6.18 Å². The van der Waals surface area contributed by atoms with Crippen molar-refractivity contribution in [3.05, 3.63) is 89.4 Å². The van der Waals surface area contributed by atoms with E-state index in [9.17, 15) is 13.2 Å². The van der Waals surface area contributed by atoms with Crippen LogP contribution in [0.25, 0.3) is 10.9 Å². The first-order valence-corrected chi connectivity index (χ1v) is 9.04. The van der Waals surface area contributed by atoms with Crippen molar-refractivity contribution < 1.29 is 17.9 Å². The lowest BCUT2D eigenvalue weighted by molar-refractivity contribution is -0.137. The molecule has 0 saturated heterocycles. The second-order valence-corrected chi connectivity index (χ2v) is 6.69. The van der Waals surface area contributed by atoms with Crippen LogP contribution in [0.5, 0.6) is 11.5 Å². The Balaban J connectivity index is 1.57. The summed E-state index contributed by atoms with van der Waals surface area (Å²) in [7, 11) is 0. The van der Waals surface area contributed by atoms with Crippen molar-refractivity contribution in [1.29, 1.82) is 0 Å². The van der Waals surface area contributed by atoms with Gasteiger partial charge in [-0.15, -0.1) is 0 Å².